The average Bonchev–Trinajstić information content (AvgIpc) is 2.53. The van der Waals surface area contributed by atoms with Crippen LogP contribution in [0.5, 0.6) is 0 Å². The topological polar surface area (TPSA) is 73.8 Å². The Morgan fingerprint density at radius 2 is 2.14 bits per heavy atom. The summed E-state index contributed by atoms with van der Waals surface area (Å²) >= 11 is 0. The van der Waals surface area contributed by atoms with Gasteiger partial charge in [0.25, 0.3) is 0 Å². The van der Waals surface area contributed by atoms with E-state index in [1.165, 1.54) is 6.33 Å². The molecular formula is C9H18N4O. The summed E-state index contributed by atoms with van der Waals surface area (Å²) in [6.45, 7) is 7.46. The van der Waals surface area contributed by atoms with Crippen LogP contribution in [-0.2, 0) is 0 Å². The summed E-state index contributed by atoms with van der Waals surface area (Å²) in [4.78, 5) is 4.04. The normalized spacial score (nSPS) is 16.6. The van der Waals surface area contributed by atoms with Crippen molar-refractivity contribution < 1.29 is 5.11 Å². The lowest BCUT2D eigenvalue weighted by Gasteiger charge is -2.29. The number of aliphatic hydroxyl groups is 1. The van der Waals surface area contributed by atoms with Crippen LogP contribution in [0.1, 0.15) is 39.6 Å². The van der Waals surface area contributed by atoms with Crippen LogP contribution >= 0.6 is 0 Å². The fourth-order valence-corrected chi connectivity index (χ4v) is 1.08. The average molecular weight is 198 g/mol. The van der Waals surface area contributed by atoms with Gasteiger partial charge in [0.05, 0.1) is 11.6 Å². The van der Waals surface area contributed by atoms with Gasteiger partial charge in [-0.05, 0) is 27.7 Å². The van der Waals surface area contributed by atoms with Crippen molar-refractivity contribution in [2.75, 3.05) is 0 Å². The molecule has 0 aliphatic heterocycles. The van der Waals surface area contributed by atoms with E-state index in [-0.39, 0.29) is 12.1 Å². The highest BCUT2D eigenvalue weighted by Gasteiger charge is 2.24. The number of H-pyrrole nitrogens is 1. The van der Waals surface area contributed by atoms with Gasteiger partial charge < -0.3 is 10.4 Å². The molecule has 0 aliphatic rings. The summed E-state index contributed by atoms with van der Waals surface area (Å²) in [5.74, 6) is 0.779. The lowest BCUT2D eigenvalue weighted by molar-refractivity contribution is 0.0402. The van der Waals surface area contributed by atoms with Crippen molar-refractivity contribution in [2.24, 2.45) is 0 Å². The minimum atomic E-state index is -0.742. The second-order valence-corrected chi connectivity index (χ2v) is 4.13. The van der Waals surface area contributed by atoms with E-state index in [4.69, 9.17) is 0 Å². The molecule has 2 unspecified atom stereocenters. The SMILES string of the molecule is CC(NC(C)C(C)(C)O)c1ncn[nH]1. The second-order valence-electron chi connectivity index (χ2n) is 4.13. The van der Waals surface area contributed by atoms with Gasteiger partial charge in [-0.2, -0.15) is 5.10 Å². The zero-order chi connectivity index (χ0) is 10.8. The highest BCUT2D eigenvalue weighted by Crippen LogP contribution is 2.13. The number of nitrogens with one attached hydrogen (secondary N) is 2. The first-order valence-electron chi connectivity index (χ1n) is 4.75. The van der Waals surface area contributed by atoms with Gasteiger partial charge in [-0.15, -0.1) is 0 Å². The number of aromatic nitrogens is 3. The molecule has 0 fully saturated rings. The van der Waals surface area contributed by atoms with Crippen molar-refractivity contribution in [2.45, 2.75) is 45.4 Å². The van der Waals surface area contributed by atoms with E-state index in [1.54, 1.807) is 13.8 Å². The van der Waals surface area contributed by atoms with E-state index in [9.17, 15) is 5.11 Å². The van der Waals surface area contributed by atoms with Gasteiger partial charge in [-0.3, -0.25) is 5.10 Å². The quantitative estimate of drug-likeness (QED) is 0.663. The van der Waals surface area contributed by atoms with Crippen molar-refractivity contribution in [1.29, 1.82) is 0 Å². The van der Waals surface area contributed by atoms with Crippen LogP contribution in [0.3, 0.4) is 0 Å². The van der Waals surface area contributed by atoms with Crippen LogP contribution in [0, 0.1) is 0 Å². The van der Waals surface area contributed by atoms with E-state index in [2.05, 4.69) is 20.5 Å². The molecule has 0 amide bonds. The summed E-state index contributed by atoms with van der Waals surface area (Å²) < 4.78 is 0. The van der Waals surface area contributed by atoms with Crippen molar-refractivity contribution in [3.8, 4) is 0 Å². The van der Waals surface area contributed by atoms with Gasteiger partial charge in [0.2, 0.25) is 0 Å². The van der Waals surface area contributed by atoms with Crippen LogP contribution in [0.2, 0.25) is 0 Å². The molecule has 0 saturated carbocycles. The number of hydrogen-bond acceptors (Lipinski definition) is 4. The third kappa shape index (κ3) is 2.78. The second kappa shape index (κ2) is 4.06. The lowest BCUT2D eigenvalue weighted by Crippen LogP contribution is -2.45. The van der Waals surface area contributed by atoms with Crippen molar-refractivity contribution in [3.63, 3.8) is 0 Å². The Balaban J connectivity index is 2.53. The van der Waals surface area contributed by atoms with E-state index in [0.29, 0.717) is 0 Å². The highest BCUT2D eigenvalue weighted by molar-refractivity contribution is 4.92. The molecule has 1 aromatic heterocycles. The first kappa shape index (κ1) is 11.1. The maximum absolute atomic E-state index is 9.72. The van der Waals surface area contributed by atoms with Crippen LogP contribution in [-0.4, -0.2) is 31.9 Å². The molecule has 0 aromatic carbocycles. The fraction of sp³-hybridized carbons (Fsp3) is 0.778. The maximum atomic E-state index is 9.72. The summed E-state index contributed by atoms with van der Waals surface area (Å²) in [7, 11) is 0. The molecule has 0 spiro atoms. The largest absolute Gasteiger partial charge is 0.389 e. The van der Waals surface area contributed by atoms with Gasteiger partial charge in [0, 0.05) is 6.04 Å². The summed E-state index contributed by atoms with van der Waals surface area (Å²) in [6.07, 6.45) is 1.47. The van der Waals surface area contributed by atoms with Crippen LogP contribution in [0.4, 0.5) is 0 Å². The summed E-state index contributed by atoms with van der Waals surface area (Å²) in [5.41, 5.74) is -0.742. The Hall–Kier alpha value is -0.940. The molecule has 0 aliphatic carbocycles. The molecule has 1 heterocycles. The molecule has 0 bridgehead atoms. The van der Waals surface area contributed by atoms with Crippen molar-refractivity contribution in [1.82, 2.24) is 20.5 Å². The third-order valence-electron chi connectivity index (χ3n) is 2.40. The number of hydrogen-bond donors (Lipinski definition) is 3. The molecule has 80 valence electrons. The molecule has 0 saturated heterocycles. The monoisotopic (exact) mass is 198 g/mol. The van der Waals surface area contributed by atoms with Crippen molar-refractivity contribution in [3.05, 3.63) is 12.2 Å². The molecule has 3 N–H and O–H groups in total. The molecule has 0 radical (unpaired) electrons. The zero-order valence-corrected chi connectivity index (χ0v) is 9.07. The van der Waals surface area contributed by atoms with E-state index in [1.807, 2.05) is 13.8 Å². The molecular weight excluding hydrogens is 180 g/mol. The molecule has 1 aromatic rings. The summed E-state index contributed by atoms with van der Waals surface area (Å²) in [5, 5.41) is 19.5. The maximum Gasteiger partial charge on any atom is 0.141 e. The standard InChI is InChI=1S/C9H18N4O/c1-6(8-10-5-11-13-8)12-7(2)9(3,4)14/h5-7,12,14H,1-4H3,(H,10,11,13). The van der Waals surface area contributed by atoms with Gasteiger partial charge in [-0.1, -0.05) is 0 Å². The van der Waals surface area contributed by atoms with Crippen LogP contribution in [0.25, 0.3) is 0 Å². The Kier molecular flexibility index (Phi) is 3.23. The Morgan fingerprint density at radius 1 is 1.50 bits per heavy atom. The molecule has 5 heteroatoms. The zero-order valence-electron chi connectivity index (χ0n) is 9.07. The lowest BCUT2D eigenvalue weighted by atomic mass is 10.00. The van der Waals surface area contributed by atoms with E-state index >= 15 is 0 Å². The third-order valence-corrected chi connectivity index (χ3v) is 2.40. The minimum absolute atomic E-state index is 0.0115. The van der Waals surface area contributed by atoms with Crippen LogP contribution < -0.4 is 5.32 Å². The molecule has 5 nitrogen and oxygen atoms in total. The number of nitrogens with zero attached hydrogens (tertiary/aromatic N) is 2. The minimum Gasteiger partial charge on any atom is -0.389 e. The predicted molar refractivity (Wildman–Crippen MR) is 53.7 cm³/mol. The molecule has 1 rings (SSSR count). The first-order valence-corrected chi connectivity index (χ1v) is 4.75. The number of rotatable bonds is 4. The smallest absolute Gasteiger partial charge is 0.141 e. The Morgan fingerprint density at radius 3 is 2.57 bits per heavy atom. The van der Waals surface area contributed by atoms with E-state index < -0.39 is 5.60 Å². The number of aromatic amines is 1. The van der Waals surface area contributed by atoms with Crippen LogP contribution in [0.15, 0.2) is 6.33 Å². The first-order chi connectivity index (χ1) is 6.41. The Labute approximate surface area is 83.9 Å². The van der Waals surface area contributed by atoms with Gasteiger partial charge in [0.15, 0.2) is 0 Å². The Bertz CT molecular complexity index is 265. The van der Waals surface area contributed by atoms with Crippen molar-refractivity contribution >= 4 is 0 Å². The van der Waals surface area contributed by atoms with Gasteiger partial charge in [-0.25, -0.2) is 4.98 Å². The molecule has 2 atom stereocenters. The van der Waals surface area contributed by atoms with Gasteiger partial charge in [0.1, 0.15) is 12.2 Å². The fourth-order valence-electron chi connectivity index (χ4n) is 1.08. The molecule has 14 heavy (non-hydrogen) atoms. The van der Waals surface area contributed by atoms with Gasteiger partial charge >= 0.3 is 0 Å². The highest BCUT2D eigenvalue weighted by atomic mass is 16.3. The summed E-state index contributed by atoms with van der Waals surface area (Å²) in [6, 6.07) is 0.0431. The van der Waals surface area contributed by atoms with E-state index in [0.717, 1.165) is 5.82 Å². The predicted octanol–water partition coefficient (Wildman–Crippen LogP) is 0.615.